The van der Waals surface area contributed by atoms with Crippen LogP contribution >= 0.6 is 11.8 Å². The van der Waals surface area contributed by atoms with Gasteiger partial charge in [-0.3, -0.25) is 4.79 Å². The largest absolute Gasteiger partial charge is 0.469 e. The number of thioether (sulfide) groups is 1. The third kappa shape index (κ3) is 5.30. The molecule has 0 radical (unpaired) electrons. The fraction of sp³-hybridized carbons (Fsp3) is 0.462. The molecule has 1 rings (SSSR count). The zero-order chi connectivity index (χ0) is 14.3. The molecule has 0 N–H and O–H groups in total. The van der Waals surface area contributed by atoms with Crippen LogP contribution in [0.3, 0.4) is 0 Å². The minimum atomic E-state index is -0.380. The van der Waals surface area contributed by atoms with Gasteiger partial charge in [-0.2, -0.15) is 0 Å². The number of esters is 2. The van der Waals surface area contributed by atoms with E-state index < -0.39 is 0 Å². The number of hydrogen-bond acceptors (Lipinski definition) is 6. The fourth-order valence-corrected chi connectivity index (χ4v) is 2.24. The van der Waals surface area contributed by atoms with Gasteiger partial charge in [0.2, 0.25) is 0 Å². The third-order valence-electron chi connectivity index (χ3n) is 2.25. The second-order valence-electron chi connectivity index (χ2n) is 3.81. The number of carbonyl (C=O) groups excluding carboxylic acids is 2. The summed E-state index contributed by atoms with van der Waals surface area (Å²) in [4.78, 5) is 26.7. The summed E-state index contributed by atoms with van der Waals surface area (Å²) in [5.74, 6) is -0.627. The van der Waals surface area contributed by atoms with Crippen LogP contribution in [0.4, 0.5) is 0 Å². The van der Waals surface area contributed by atoms with Crippen LogP contribution in [0.5, 0.6) is 0 Å². The normalized spacial score (nSPS) is 11.7. The van der Waals surface area contributed by atoms with Gasteiger partial charge in [0.15, 0.2) is 0 Å². The maximum absolute atomic E-state index is 11.4. The van der Waals surface area contributed by atoms with Crippen LogP contribution in [-0.2, 0) is 14.3 Å². The summed E-state index contributed by atoms with van der Waals surface area (Å²) in [6.45, 7) is 4.01. The number of ether oxygens (including phenoxy) is 2. The number of aromatic nitrogens is 1. The van der Waals surface area contributed by atoms with Crippen molar-refractivity contribution in [3.63, 3.8) is 0 Å². The quantitative estimate of drug-likeness (QED) is 0.589. The van der Waals surface area contributed by atoms with Crippen LogP contribution in [-0.4, -0.2) is 35.9 Å². The van der Waals surface area contributed by atoms with Gasteiger partial charge < -0.3 is 9.47 Å². The predicted octanol–water partition coefficient (Wildman–Crippen LogP) is 2.30. The molecule has 1 aromatic heterocycles. The molecule has 0 spiro atoms. The van der Waals surface area contributed by atoms with Crippen LogP contribution in [0.15, 0.2) is 23.4 Å². The molecule has 0 fully saturated rings. The number of nitrogens with zero attached hydrogens (tertiary/aromatic N) is 1. The molecule has 104 valence electrons. The van der Waals surface area contributed by atoms with Crippen LogP contribution in [0, 0.1) is 0 Å². The van der Waals surface area contributed by atoms with E-state index in [1.807, 2.05) is 6.92 Å². The van der Waals surface area contributed by atoms with E-state index in [-0.39, 0.29) is 17.2 Å². The Hall–Kier alpha value is -1.56. The lowest BCUT2D eigenvalue weighted by Crippen LogP contribution is -2.09. The van der Waals surface area contributed by atoms with Crippen molar-refractivity contribution in [2.45, 2.75) is 30.5 Å². The second-order valence-corrected chi connectivity index (χ2v) is 5.27. The van der Waals surface area contributed by atoms with E-state index >= 15 is 0 Å². The molecule has 0 aliphatic rings. The Labute approximate surface area is 116 Å². The van der Waals surface area contributed by atoms with Gasteiger partial charge in [0.05, 0.1) is 30.7 Å². The molecule has 0 aliphatic carbocycles. The average Bonchev–Trinajstić information content (AvgIpc) is 2.39. The van der Waals surface area contributed by atoms with Crippen LogP contribution in [0.2, 0.25) is 0 Å². The molecule has 19 heavy (non-hydrogen) atoms. The Balaban J connectivity index is 2.57. The first-order chi connectivity index (χ1) is 9.06. The molecular formula is C13H17NO4S. The molecule has 1 aromatic rings. The average molecular weight is 283 g/mol. The Morgan fingerprint density at radius 3 is 2.68 bits per heavy atom. The van der Waals surface area contributed by atoms with Crippen molar-refractivity contribution < 1.29 is 19.1 Å². The Morgan fingerprint density at radius 2 is 2.16 bits per heavy atom. The van der Waals surface area contributed by atoms with Crippen LogP contribution in [0.1, 0.15) is 30.6 Å². The molecule has 1 atom stereocenters. The minimum absolute atomic E-state index is 0.0633. The predicted molar refractivity (Wildman–Crippen MR) is 72.1 cm³/mol. The fourth-order valence-electron chi connectivity index (χ4n) is 1.35. The minimum Gasteiger partial charge on any atom is -0.469 e. The van der Waals surface area contributed by atoms with Crippen molar-refractivity contribution in [1.29, 1.82) is 0 Å². The van der Waals surface area contributed by atoms with Crippen LogP contribution in [0.25, 0.3) is 0 Å². The van der Waals surface area contributed by atoms with Crippen molar-refractivity contribution in [2.24, 2.45) is 0 Å². The van der Waals surface area contributed by atoms with Gasteiger partial charge in [-0.25, -0.2) is 9.78 Å². The Bertz CT molecular complexity index is 433. The summed E-state index contributed by atoms with van der Waals surface area (Å²) >= 11 is 1.46. The molecule has 0 aliphatic heterocycles. The number of hydrogen-bond donors (Lipinski definition) is 0. The molecule has 0 saturated heterocycles. The molecule has 6 heteroatoms. The van der Waals surface area contributed by atoms with E-state index in [0.717, 1.165) is 5.03 Å². The lowest BCUT2D eigenvalue weighted by atomic mass is 10.3. The molecule has 1 unspecified atom stereocenters. The molecule has 0 aromatic carbocycles. The van der Waals surface area contributed by atoms with Gasteiger partial charge in [0, 0.05) is 11.4 Å². The van der Waals surface area contributed by atoms with Gasteiger partial charge >= 0.3 is 11.9 Å². The number of carbonyl (C=O) groups is 2. The highest BCUT2D eigenvalue weighted by molar-refractivity contribution is 7.99. The monoisotopic (exact) mass is 283 g/mol. The van der Waals surface area contributed by atoms with Crippen molar-refractivity contribution in [2.75, 3.05) is 13.7 Å². The molecule has 0 saturated carbocycles. The summed E-state index contributed by atoms with van der Waals surface area (Å²) in [6, 6.07) is 3.41. The summed E-state index contributed by atoms with van der Waals surface area (Å²) in [5, 5.41) is 0.817. The summed E-state index contributed by atoms with van der Waals surface area (Å²) in [6.07, 6.45) is 1.80. The third-order valence-corrected chi connectivity index (χ3v) is 3.30. The number of methoxy groups -OCH3 is 1. The lowest BCUT2D eigenvalue weighted by molar-refractivity contribution is -0.140. The topological polar surface area (TPSA) is 65.5 Å². The van der Waals surface area contributed by atoms with E-state index in [1.54, 1.807) is 19.1 Å². The van der Waals surface area contributed by atoms with Crippen LogP contribution < -0.4 is 0 Å². The summed E-state index contributed by atoms with van der Waals surface area (Å²) in [5.41, 5.74) is 0.423. The smallest absolute Gasteiger partial charge is 0.339 e. The summed E-state index contributed by atoms with van der Waals surface area (Å²) in [7, 11) is 1.37. The lowest BCUT2D eigenvalue weighted by Gasteiger charge is -2.09. The highest BCUT2D eigenvalue weighted by atomic mass is 32.2. The molecular weight excluding hydrogens is 266 g/mol. The van der Waals surface area contributed by atoms with Gasteiger partial charge in [-0.15, -0.1) is 11.8 Å². The van der Waals surface area contributed by atoms with Crippen molar-refractivity contribution in [1.82, 2.24) is 4.98 Å². The van der Waals surface area contributed by atoms with Gasteiger partial charge in [0.1, 0.15) is 0 Å². The number of pyridine rings is 1. The van der Waals surface area contributed by atoms with E-state index in [2.05, 4.69) is 9.72 Å². The Kier molecular flexibility index (Phi) is 6.35. The standard InChI is InChI=1S/C13H17NO4S/c1-4-18-13(16)10-5-6-11(14-8-10)19-9(2)7-12(15)17-3/h5-6,8-9H,4,7H2,1-3H3. The maximum Gasteiger partial charge on any atom is 0.339 e. The second kappa shape index (κ2) is 7.78. The molecule has 0 bridgehead atoms. The highest BCUT2D eigenvalue weighted by Gasteiger charge is 2.12. The molecule has 1 heterocycles. The van der Waals surface area contributed by atoms with Gasteiger partial charge in [-0.1, -0.05) is 6.92 Å². The Morgan fingerprint density at radius 1 is 1.42 bits per heavy atom. The van der Waals surface area contributed by atoms with E-state index in [9.17, 15) is 9.59 Å². The zero-order valence-electron chi connectivity index (χ0n) is 11.2. The highest BCUT2D eigenvalue weighted by Crippen LogP contribution is 2.23. The first kappa shape index (κ1) is 15.5. The van der Waals surface area contributed by atoms with Gasteiger partial charge in [-0.05, 0) is 19.1 Å². The van der Waals surface area contributed by atoms with Crippen molar-refractivity contribution >= 4 is 23.7 Å². The van der Waals surface area contributed by atoms with Crippen molar-refractivity contribution in [3.05, 3.63) is 23.9 Å². The molecule has 5 nitrogen and oxygen atoms in total. The first-order valence-electron chi connectivity index (χ1n) is 5.93. The van der Waals surface area contributed by atoms with Gasteiger partial charge in [0.25, 0.3) is 0 Å². The van der Waals surface area contributed by atoms with Crippen molar-refractivity contribution in [3.8, 4) is 0 Å². The van der Waals surface area contributed by atoms with E-state index in [1.165, 1.54) is 25.1 Å². The summed E-state index contributed by atoms with van der Waals surface area (Å²) < 4.78 is 9.47. The maximum atomic E-state index is 11.4. The van der Waals surface area contributed by atoms with E-state index in [0.29, 0.717) is 18.6 Å². The number of rotatable bonds is 6. The SMILES string of the molecule is CCOC(=O)c1ccc(SC(C)CC(=O)OC)nc1. The van der Waals surface area contributed by atoms with E-state index in [4.69, 9.17) is 4.74 Å². The molecule has 0 amide bonds. The first-order valence-corrected chi connectivity index (χ1v) is 6.81. The zero-order valence-corrected chi connectivity index (χ0v) is 12.0.